The van der Waals surface area contributed by atoms with Gasteiger partial charge in [-0.25, -0.2) is 0 Å². The van der Waals surface area contributed by atoms with Gasteiger partial charge in [0.05, 0.1) is 11.6 Å². The highest BCUT2D eigenvalue weighted by Gasteiger charge is 2.35. The highest BCUT2D eigenvalue weighted by molar-refractivity contribution is 5.62. The maximum absolute atomic E-state index is 8.84. The minimum atomic E-state index is 0.638. The van der Waals surface area contributed by atoms with Crippen molar-refractivity contribution in [2.24, 2.45) is 0 Å². The normalized spacial score (nSPS) is 27.6. The molecule has 14 heavy (non-hydrogen) atoms. The third-order valence-corrected chi connectivity index (χ3v) is 3.44. The molecule has 1 fully saturated rings. The Morgan fingerprint density at radius 1 is 1.36 bits per heavy atom. The van der Waals surface area contributed by atoms with Gasteiger partial charge in [0, 0.05) is 17.6 Å². The molecule has 0 radical (unpaired) electrons. The van der Waals surface area contributed by atoms with Crippen LogP contribution in [0.25, 0.3) is 0 Å². The average Bonchev–Trinajstić information content (AvgIpc) is 2.76. The topological polar surface area (TPSA) is 35.8 Å². The minimum absolute atomic E-state index is 0.638. The van der Waals surface area contributed by atoms with Crippen LogP contribution in [0.1, 0.15) is 36.3 Å². The van der Waals surface area contributed by atoms with E-state index in [4.69, 9.17) is 5.26 Å². The Morgan fingerprint density at radius 3 is 3.14 bits per heavy atom. The second kappa shape index (κ2) is 2.75. The molecule has 0 spiro atoms. The molecular formula is C12H12N2. The van der Waals surface area contributed by atoms with E-state index in [9.17, 15) is 0 Å². The Labute approximate surface area is 83.6 Å². The Morgan fingerprint density at radius 2 is 2.29 bits per heavy atom. The maximum Gasteiger partial charge on any atom is 0.0991 e. The first-order valence-corrected chi connectivity index (χ1v) is 5.19. The van der Waals surface area contributed by atoms with Crippen LogP contribution in [0.3, 0.4) is 0 Å². The largest absolute Gasteiger partial charge is 0.381 e. The molecule has 1 aliphatic heterocycles. The SMILES string of the molecule is N#Cc1ccc2c(c1)C1CCCC1N2. The summed E-state index contributed by atoms with van der Waals surface area (Å²) >= 11 is 0. The molecule has 0 amide bonds. The summed E-state index contributed by atoms with van der Waals surface area (Å²) in [5, 5.41) is 12.4. The molecule has 2 atom stereocenters. The highest BCUT2D eigenvalue weighted by atomic mass is 15.0. The van der Waals surface area contributed by atoms with Crippen molar-refractivity contribution in [3.8, 4) is 6.07 Å². The van der Waals surface area contributed by atoms with E-state index in [1.807, 2.05) is 12.1 Å². The van der Waals surface area contributed by atoms with Gasteiger partial charge in [-0.15, -0.1) is 0 Å². The van der Waals surface area contributed by atoms with Crippen molar-refractivity contribution in [1.82, 2.24) is 0 Å². The molecule has 2 unspecified atom stereocenters. The van der Waals surface area contributed by atoms with E-state index in [2.05, 4.69) is 17.5 Å². The standard InChI is InChI=1S/C12H12N2/c13-7-8-4-5-12-10(6-8)9-2-1-3-11(9)14-12/h4-6,9,11,14H,1-3H2. The summed E-state index contributed by atoms with van der Waals surface area (Å²) in [6.45, 7) is 0. The summed E-state index contributed by atoms with van der Waals surface area (Å²) < 4.78 is 0. The zero-order valence-electron chi connectivity index (χ0n) is 7.96. The van der Waals surface area contributed by atoms with E-state index in [0.717, 1.165) is 5.56 Å². The predicted octanol–water partition coefficient (Wildman–Crippen LogP) is 2.62. The number of nitrogens with one attached hydrogen (secondary N) is 1. The molecule has 1 saturated carbocycles. The van der Waals surface area contributed by atoms with Crippen LogP contribution >= 0.6 is 0 Å². The van der Waals surface area contributed by atoms with Crippen LogP contribution in [0.2, 0.25) is 0 Å². The lowest BCUT2D eigenvalue weighted by molar-refractivity contribution is 0.689. The van der Waals surface area contributed by atoms with Gasteiger partial charge in [-0.1, -0.05) is 6.42 Å². The first-order valence-electron chi connectivity index (χ1n) is 5.19. The number of hydrogen-bond donors (Lipinski definition) is 1. The van der Waals surface area contributed by atoms with Crippen LogP contribution in [0, 0.1) is 11.3 Å². The van der Waals surface area contributed by atoms with Gasteiger partial charge in [0.2, 0.25) is 0 Å². The molecule has 2 nitrogen and oxygen atoms in total. The van der Waals surface area contributed by atoms with Crippen molar-refractivity contribution in [3.63, 3.8) is 0 Å². The third kappa shape index (κ3) is 0.957. The van der Waals surface area contributed by atoms with Gasteiger partial charge in [0.1, 0.15) is 0 Å². The van der Waals surface area contributed by atoms with E-state index >= 15 is 0 Å². The molecule has 1 N–H and O–H groups in total. The van der Waals surface area contributed by atoms with Crippen LogP contribution in [0.15, 0.2) is 18.2 Å². The molecule has 1 aromatic carbocycles. The van der Waals surface area contributed by atoms with Crippen molar-refractivity contribution >= 4 is 5.69 Å². The number of benzene rings is 1. The van der Waals surface area contributed by atoms with Crippen molar-refractivity contribution < 1.29 is 0 Å². The van der Waals surface area contributed by atoms with Crippen molar-refractivity contribution in [2.75, 3.05) is 5.32 Å². The molecule has 1 aromatic rings. The Hall–Kier alpha value is -1.49. The lowest BCUT2D eigenvalue weighted by Gasteiger charge is -2.08. The second-order valence-electron chi connectivity index (χ2n) is 4.20. The lowest BCUT2D eigenvalue weighted by atomic mass is 9.96. The van der Waals surface area contributed by atoms with E-state index in [1.165, 1.54) is 30.5 Å². The van der Waals surface area contributed by atoms with E-state index < -0.39 is 0 Å². The number of nitrogens with zero attached hydrogens (tertiary/aromatic N) is 1. The van der Waals surface area contributed by atoms with Gasteiger partial charge in [-0.2, -0.15) is 5.26 Å². The molecule has 1 heterocycles. The van der Waals surface area contributed by atoms with Crippen LogP contribution in [0.4, 0.5) is 5.69 Å². The quantitative estimate of drug-likeness (QED) is 0.672. The van der Waals surface area contributed by atoms with Gasteiger partial charge in [-0.3, -0.25) is 0 Å². The second-order valence-corrected chi connectivity index (χ2v) is 4.20. The molecular weight excluding hydrogens is 172 g/mol. The molecule has 3 rings (SSSR count). The van der Waals surface area contributed by atoms with Crippen LogP contribution in [-0.2, 0) is 0 Å². The van der Waals surface area contributed by atoms with Crippen LogP contribution < -0.4 is 5.32 Å². The number of rotatable bonds is 0. The number of fused-ring (bicyclic) bond motifs is 3. The fourth-order valence-corrected chi connectivity index (χ4v) is 2.78. The van der Waals surface area contributed by atoms with E-state index in [-0.39, 0.29) is 0 Å². The molecule has 0 saturated heterocycles. The van der Waals surface area contributed by atoms with Crippen molar-refractivity contribution in [2.45, 2.75) is 31.2 Å². The zero-order valence-corrected chi connectivity index (χ0v) is 7.96. The van der Waals surface area contributed by atoms with E-state index in [1.54, 1.807) is 0 Å². The van der Waals surface area contributed by atoms with Gasteiger partial charge < -0.3 is 5.32 Å². The Balaban J connectivity index is 2.08. The fourth-order valence-electron chi connectivity index (χ4n) is 2.78. The predicted molar refractivity (Wildman–Crippen MR) is 55.2 cm³/mol. The molecule has 0 aromatic heterocycles. The van der Waals surface area contributed by atoms with Gasteiger partial charge in [-0.05, 0) is 36.6 Å². The number of anilines is 1. The van der Waals surface area contributed by atoms with E-state index in [0.29, 0.717) is 12.0 Å². The zero-order chi connectivity index (χ0) is 9.54. The molecule has 0 bridgehead atoms. The van der Waals surface area contributed by atoms with Crippen LogP contribution in [0.5, 0.6) is 0 Å². The average molecular weight is 184 g/mol. The lowest BCUT2D eigenvalue weighted by Crippen LogP contribution is -2.13. The van der Waals surface area contributed by atoms with Crippen molar-refractivity contribution in [1.29, 1.82) is 5.26 Å². The number of nitriles is 1. The van der Waals surface area contributed by atoms with Gasteiger partial charge in [0.15, 0.2) is 0 Å². The Kier molecular flexibility index (Phi) is 1.55. The number of hydrogen-bond acceptors (Lipinski definition) is 2. The first kappa shape index (κ1) is 7.87. The Bertz CT molecular complexity index is 417. The summed E-state index contributed by atoms with van der Waals surface area (Å²) in [5.74, 6) is 0.665. The fraction of sp³-hybridized carbons (Fsp3) is 0.417. The molecule has 2 aliphatic rings. The molecule has 2 heteroatoms. The third-order valence-electron chi connectivity index (χ3n) is 3.44. The summed E-state index contributed by atoms with van der Waals surface area (Å²) in [6, 6.07) is 8.84. The summed E-state index contributed by atoms with van der Waals surface area (Å²) in [7, 11) is 0. The molecule has 1 aliphatic carbocycles. The van der Waals surface area contributed by atoms with Crippen LogP contribution in [-0.4, -0.2) is 6.04 Å². The maximum atomic E-state index is 8.84. The smallest absolute Gasteiger partial charge is 0.0991 e. The summed E-state index contributed by atoms with van der Waals surface area (Å²) in [5.41, 5.74) is 3.41. The minimum Gasteiger partial charge on any atom is -0.381 e. The summed E-state index contributed by atoms with van der Waals surface area (Å²) in [6.07, 6.45) is 3.87. The van der Waals surface area contributed by atoms with Gasteiger partial charge in [0.25, 0.3) is 0 Å². The first-order chi connectivity index (χ1) is 6.88. The van der Waals surface area contributed by atoms with Crippen molar-refractivity contribution in [3.05, 3.63) is 29.3 Å². The van der Waals surface area contributed by atoms with Gasteiger partial charge >= 0.3 is 0 Å². The summed E-state index contributed by atoms with van der Waals surface area (Å²) in [4.78, 5) is 0. The highest BCUT2D eigenvalue weighted by Crippen LogP contribution is 2.45. The molecule has 70 valence electrons. The monoisotopic (exact) mass is 184 g/mol.